The Morgan fingerprint density at radius 1 is 1.12 bits per heavy atom. The molecule has 1 saturated carbocycles. The van der Waals surface area contributed by atoms with Crippen molar-refractivity contribution < 1.29 is 4.79 Å². The molecule has 0 N–H and O–H groups in total. The fourth-order valence-electron chi connectivity index (χ4n) is 2.55. The molecule has 0 bridgehead atoms. The van der Waals surface area contributed by atoms with Gasteiger partial charge in [0.1, 0.15) is 0 Å². The highest BCUT2D eigenvalue weighted by atomic mass is 16.1. The van der Waals surface area contributed by atoms with Crippen molar-refractivity contribution in [1.82, 2.24) is 0 Å². The van der Waals surface area contributed by atoms with Crippen LogP contribution in [0.2, 0.25) is 0 Å². The van der Waals surface area contributed by atoms with Crippen LogP contribution in [0, 0.1) is 18.8 Å². The normalized spacial score (nSPS) is 22.7. The van der Waals surface area contributed by atoms with Gasteiger partial charge >= 0.3 is 0 Å². The third kappa shape index (κ3) is 1.66. The SMILES string of the molecule is Cc1ccc(C(=O)C2CC2C)c2ccccc12. The molecule has 0 radical (unpaired) electrons. The molecule has 0 amide bonds. The quantitative estimate of drug-likeness (QED) is 0.705. The zero-order chi connectivity index (χ0) is 12.0. The van der Waals surface area contributed by atoms with Gasteiger partial charge in [0.15, 0.2) is 5.78 Å². The molecule has 2 aromatic rings. The number of rotatable bonds is 2. The monoisotopic (exact) mass is 224 g/mol. The molecule has 17 heavy (non-hydrogen) atoms. The number of aryl methyl sites for hydroxylation is 1. The second kappa shape index (κ2) is 3.69. The van der Waals surface area contributed by atoms with E-state index in [2.05, 4.69) is 32.0 Å². The molecule has 0 aromatic heterocycles. The molecule has 0 saturated heterocycles. The topological polar surface area (TPSA) is 17.1 Å². The fourth-order valence-corrected chi connectivity index (χ4v) is 2.55. The van der Waals surface area contributed by atoms with E-state index in [1.807, 2.05) is 18.2 Å². The molecule has 86 valence electrons. The van der Waals surface area contributed by atoms with Crippen LogP contribution in [-0.4, -0.2) is 5.78 Å². The predicted octanol–water partition coefficient (Wildman–Crippen LogP) is 3.99. The highest BCUT2D eigenvalue weighted by Crippen LogP contribution is 2.41. The molecular weight excluding hydrogens is 208 g/mol. The molecule has 1 fully saturated rings. The van der Waals surface area contributed by atoms with E-state index in [4.69, 9.17) is 0 Å². The van der Waals surface area contributed by atoms with Gasteiger partial charge in [0.25, 0.3) is 0 Å². The van der Waals surface area contributed by atoms with Gasteiger partial charge in [-0.25, -0.2) is 0 Å². The number of hydrogen-bond donors (Lipinski definition) is 0. The van der Waals surface area contributed by atoms with Crippen molar-refractivity contribution in [1.29, 1.82) is 0 Å². The van der Waals surface area contributed by atoms with Gasteiger partial charge in [-0.2, -0.15) is 0 Å². The minimum atomic E-state index is 0.265. The number of ketones is 1. The molecule has 0 aliphatic heterocycles. The number of carbonyl (C=O) groups excluding carboxylic acids is 1. The molecule has 1 aliphatic rings. The Bertz CT molecular complexity index is 597. The summed E-state index contributed by atoms with van der Waals surface area (Å²) < 4.78 is 0. The van der Waals surface area contributed by atoms with Crippen molar-refractivity contribution in [2.24, 2.45) is 11.8 Å². The van der Waals surface area contributed by atoms with E-state index in [1.165, 1.54) is 10.9 Å². The lowest BCUT2D eigenvalue weighted by atomic mass is 9.96. The van der Waals surface area contributed by atoms with Crippen molar-refractivity contribution in [3.63, 3.8) is 0 Å². The van der Waals surface area contributed by atoms with Gasteiger partial charge in [0.2, 0.25) is 0 Å². The van der Waals surface area contributed by atoms with Crippen LogP contribution in [-0.2, 0) is 0 Å². The van der Waals surface area contributed by atoms with E-state index >= 15 is 0 Å². The van der Waals surface area contributed by atoms with Crippen LogP contribution < -0.4 is 0 Å². The molecule has 2 aromatic carbocycles. The summed E-state index contributed by atoms with van der Waals surface area (Å²) >= 11 is 0. The summed E-state index contributed by atoms with van der Waals surface area (Å²) in [5, 5.41) is 2.31. The van der Waals surface area contributed by atoms with E-state index in [0.29, 0.717) is 11.7 Å². The lowest BCUT2D eigenvalue weighted by Crippen LogP contribution is -2.04. The predicted molar refractivity (Wildman–Crippen MR) is 70.3 cm³/mol. The first-order valence-electron chi connectivity index (χ1n) is 6.21. The minimum Gasteiger partial charge on any atom is -0.294 e. The molecule has 0 heterocycles. The van der Waals surface area contributed by atoms with Crippen LogP contribution in [0.1, 0.15) is 29.3 Å². The van der Waals surface area contributed by atoms with Crippen molar-refractivity contribution >= 4 is 16.6 Å². The van der Waals surface area contributed by atoms with Gasteiger partial charge in [-0.05, 0) is 35.6 Å². The van der Waals surface area contributed by atoms with E-state index in [0.717, 1.165) is 17.4 Å². The molecule has 1 nitrogen and oxygen atoms in total. The number of benzene rings is 2. The number of carbonyl (C=O) groups is 1. The standard InChI is InChI=1S/C16H16O/c1-10-7-8-14(16(17)15-9-11(15)2)13-6-4-3-5-12(10)13/h3-8,11,15H,9H2,1-2H3. The second-order valence-electron chi connectivity index (χ2n) is 5.16. The third-order valence-electron chi connectivity index (χ3n) is 3.85. The maximum Gasteiger partial charge on any atom is 0.166 e. The smallest absolute Gasteiger partial charge is 0.166 e. The molecular formula is C16H16O. The number of fused-ring (bicyclic) bond motifs is 1. The zero-order valence-electron chi connectivity index (χ0n) is 10.2. The first-order valence-corrected chi connectivity index (χ1v) is 6.21. The first kappa shape index (κ1) is 10.5. The molecule has 2 unspecified atom stereocenters. The summed E-state index contributed by atoms with van der Waals surface area (Å²) in [5.41, 5.74) is 2.14. The van der Waals surface area contributed by atoms with Crippen LogP contribution >= 0.6 is 0 Å². The van der Waals surface area contributed by atoms with Crippen molar-refractivity contribution in [3.8, 4) is 0 Å². The van der Waals surface area contributed by atoms with E-state index in [-0.39, 0.29) is 5.92 Å². The van der Waals surface area contributed by atoms with Crippen LogP contribution in [0.15, 0.2) is 36.4 Å². The summed E-state index contributed by atoms with van der Waals surface area (Å²) in [6.07, 6.45) is 1.06. The van der Waals surface area contributed by atoms with E-state index in [9.17, 15) is 4.79 Å². The fraction of sp³-hybridized carbons (Fsp3) is 0.312. The van der Waals surface area contributed by atoms with E-state index in [1.54, 1.807) is 0 Å². The van der Waals surface area contributed by atoms with Crippen LogP contribution in [0.3, 0.4) is 0 Å². The molecule has 2 atom stereocenters. The largest absolute Gasteiger partial charge is 0.294 e. The maximum atomic E-state index is 12.3. The average Bonchev–Trinajstić information content (AvgIpc) is 3.07. The number of Topliss-reactive ketones (excluding diaryl/α,β-unsaturated/α-hetero) is 1. The second-order valence-corrected chi connectivity index (χ2v) is 5.16. The Labute approximate surface area is 101 Å². The lowest BCUT2D eigenvalue weighted by Gasteiger charge is -2.07. The van der Waals surface area contributed by atoms with Gasteiger partial charge < -0.3 is 0 Å². The Kier molecular flexibility index (Phi) is 2.29. The van der Waals surface area contributed by atoms with Crippen molar-refractivity contribution in [2.45, 2.75) is 20.3 Å². The highest BCUT2D eigenvalue weighted by molar-refractivity contribution is 6.10. The Balaban J connectivity index is 2.17. The Morgan fingerprint density at radius 2 is 1.76 bits per heavy atom. The molecule has 1 heteroatoms. The third-order valence-corrected chi connectivity index (χ3v) is 3.85. The number of hydrogen-bond acceptors (Lipinski definition) is 1. The van der Waals surface area contributed by atoms with Gasteiger partial charge in [-0.3, -0.25) is 4.79 Å². The zero-order valence-corrected chi connectivity index (χ0v) is 10.2. The summed E-state index contributed by atoms with van der Waals surface area (Å²) in [6, 6.07) is 12.2. The van der Waals surface area contributed by atoms with Crippen molar-refractivity contribution in [3.05, 3.63) is 47.5 Å². The van der Waals surface area contributed by atoms with E-state index < -0.39 is 0 Å². The van der Waals surface area contributed by atoms with Gasteiger partial charge in [0, 0.05) is 11.5 Å². The van der Waals surface area contributed by atoms with Crippen LogP contribution in [0.4, 0.5) is 0 Å². The maximum absolute atomic E-state index is 12.3. The molecule has 3 rings (SSSR count). The first-order chi connectivity index (χ1) is 8.18. The Hall–Kier alpha value is -1.63. The van der Waals surface area contributed by atoms with Gasteiger partial charge in [0.05, 0.1) is 0 Å². The average molecular weight is 224 g/mol. The van der Waals surface area contributed by atoms with Gasteiger partial charge in [-0.1, -0.05) is 43.3 Å². The molecule has 1 aliphatic carbocycles. The molecule has 0 spiro atoms. The minimum absolute atomic E-state index is 0.265. The summed E-state index contributed by atoms with van der Waals surface area (Å²) in [6.45, 7) is 4.25. The Morgan fingerprint density at radius 3 is 2.41 bits per heavy atom. The summed E-state index contributed by atoms with van der Waals surface area (Å²) in [5.74, 6) is 1.16. The van der Waals surface area contributed by atoms with Crippen molar-refractivity contribution in [2.75, 3.05) is 0 Å². The van der Waals surface area contributed by atoms with Crippen LogP contribution in [0.5, 0.6) is 0 Å². The van der Waals surface area contributed by atoms with Crippen LogP contribution in [0.25, 0.3) is 10.8 Å². The lowest BCUT2D eigenvalue weighted by molar-refractivity contribution is 0.0964. The summed E-state index contributed by atoms with van der Waals surface area (Å²) in [4.78, 5) is 12.3. The highest BCUT2D eigenvalue weighted by Gasteiger charge is 2.39. The summed E-state index contributed by atoms with van der Waals surface area (Å²) in [7, 11) is 0. The van der Waals surface area contributed by atoms with Gasteiger partial charge in [-0.15, -0.1) is 0 Å².